The molecule has 2 aromatic heterocycles. The Hall–Kier alpha value is -1.24. The van der Waals surface area contributed by atoms with Gasteiger partial charge in [-0.2, -0.15) is 0 Å². The molecule has 17 heavy (non-hydrogen) atoms. The monoisotopic (exact) mass is 251 g/mol. The van der Waals surface area contributed by atoms with Crippen LogP contribution in [0, 0.1) is 6.92 Å². The largest absolute Gasteiger partial charge is 0.336 e. The highest BCUT2D eigenvalue weighted by Gasteiger charge is 2.00. The number of nitrogens with two attached hydrogens (primary N) is 1. The van der Waals surface area contributed by atoms with Crippen molar-refractivity contribution in [2.45, 2.75) is 26.6 Å². The summed E-state index contributed by atoms with van der Waals surface area (Å²) in [7, 11) is 0. The van der Waals surface area contributed by atoms with Crippen molar-refractivity contribution in [1.82, 2.24) is 19.9 Å². The molecule has 2 rings (SSSR count). The Kier molecular flexibility index (Phi) is 4.24. The summed E-state index contributed by atoms with van der Waals surface area (Å²) in [4.78, 5) is 8.69. The SMILES string of the molecule is Cc1csc(CNCc2cn(CCN)cn2)n1. The van der Waals surface area contributed by atoms with Crippen LogP contribution < -0.4 is 11.1 Å². The van der Waals surface area contributed by atoms with E-state index in [1.165, 1.54) is 0 Å². The molecule has 0 amide bonds. The van der Waals surface area contributed by atoms with Gasteiger partial charge in [0.1, 0.15) is 5.01 Å². The molecular weight excluding hydrogens is 234 g/mol. The van der Waals surface area contributed by atoms with Gasteiger partial charge in [-0.25, -0.2) is 9.97 Å². The van der Waals surface area contributed by atoms with E-state index in [-0.39, 0.29) is 0 Å². The molecule has 92 valence electrons. The Morgan fingerprint density at radius 2 is 2.35 bits per heavy atom. The van der Waals surface area contributed by atoms with Crippen molar-refractivity contribution in [3.63, 3.8) is 0 Å². The van der Waals surface area contributed by atoms with Crippen LogP contribution in [-0.4, -0.2) is 21.1 Å². The van der Waals surface area contributed by atoms with Gasteiger partial charge in [-0.05, 0) is 6.92 Å². The van der Waals surface area contributed by atoms with E-state index in [1.54, 1.807) is 11.3 Å². The second-order valence-corrected chi connectivity index (χ2v) is 4.82. The Labute approximate surface area is 105 Å². The molecule has 0 saturated carbocycles. The molecule has 6 heteroatoms. The summed E-state index contributed by atoms with van der Waals surface area (Å²) >= 11 is 1.68. The summed E-state index contributed by atoms with van der Waals surface area (Å²) in [6.45, 7) is 5.02. The van der Waals surface area contributed by atoms with Crippen LogP contribution in [0.2, 0.25) is 0 Å². The molecule has 0 aliphatic rings. The third-order valence-corrected chi connectivity index (χ3v) is 3.29. The first-order valence-electron chi connectivity index (χ1n) is 5.60. The van der Waals surface area contributed by atoms with Gasteiger partial charge in [0.15, 0.2) is 0 Å². The van der Waals surface area contributed by atoms with Crippen molar-refractivity contribution in [3.8, 4) is 0 Å². The highest BCUT2D eigenvalue weighted by molar-refractivity contribution is 7.09. The number of hydrogen-bond donors (Lipinski definition) is 2. The van der Waals surface area contributed by atoms with E-state index in [0.717, 1.165) is 36.0 Å². The zero-order valence-electron chi connectivity index (χ0n) is 9.89. The molecule has 0 bridgehead atoms. The summed E-state index contributed by atoms with van der Waals surface area (Å²) in [5.74, 6) is 0. The number of rotatable bonds is 6. The first kappa shape index (κ1) is 12.2. The van der Waals surface area contributed by atoms with Crippen molar-refractivity contribution in [3.05, 3.63) is 34.3 Å². The lowest BCUT2D eigenvalue weighted by Crippen LogP contribution is -2.13. The van der Waals surface area contributed by atoms with Crippen LogP contribution in [0.5, 0.6) is 0 Å². The highest BCUT2D eigenvalue weighted by atomic mass is 32.1. The van der Waals surface area contributed by atoms with E-state index < -0.39 is 0 Å². The maximum absolute atomic E-state index is 5.48. The van der Waals surface area contributed by atoms with Gasteiger partial charge < -0.3 is 15.6 Å². The van der Waals surface area contributed by atoms with E-state index in [2.05, 4.69) is 20.7 Å². The van der Waals surface area contributed by atoms with Gasteiger partial charge in [-0.3, -0.25) is 0 Å². The number of imidazole rings is 1. The lowest BCUT2D eigenvalue weighted by Gasteiger charge is -1.99. The van der Waals surface area contributed by atoms with Crippen LogP contribution in [0.1, 0.15) is 16.4 Å². The van der Waals surface area contributed by atoms with Gasteiger partial charge in [-0.1, -0.05) is 0 Å². The minimum atomic E-state index is 0.640. The van der Waals surface area contributed by atoms with Gasteiger partial charge in [-0.15, -0.1) is 11.3 Å². The molecule has 0 unspecified atom stereocenters. The number of thiazole rings is 1. The number of nitrogens with zero attached hydrogens (tertiary/aromatic N) is 3. The first-order valence-corrected chi connectivity index (χ1v) is 6.48. The van der Waals surface area contributed by atoms with Crippen LogP contribution in [0.25, 0.3) is 0 Å². The molecule has 0 fully saturated rings. The first-order chi connectivity index (χ1) is 8.28. The van der Waals surface area contributed by atoms with E-state index in [0.29, 0.717) is 6.54 Å². The zero-order chi connectivity index (χ0) is 12.1. The molecule has 2 aromatic rings. The number of aromatic nitrogens is 3. The molecule has 2 heterocycles. The van der Waals surface area contributed by atoms with Crippen molar-refractivity contribution in [2.24, 2.45) is 5.73 Å². The maximum atomic E-state index is 5.48. The van der Waals surface area contributed by atoms with Crippen molar-refractivity contribution in [2.75, 3.05) is 6.54 Å². The normalized spacial score (nSPS) is 10.9. The van der Waals surface area contributed by atoms with Gasteiger partial charge in [0.2, 0.25) is 0 Å². The van der Waals surface area contributed by atoms with Crippen LogP contribution in [0.15, 0.2) is 17.9 Å². The molecular formula is C11H17N5S. The number of nitrogens with one attached hydrogen (secondary N) is 1. The molecule has 3 N–H and O–H groups in total. The fourth-order valence-corrected chi connectivity index (χ4v) is 2.29. The van der Waals surface area contributed by atoms with Gasteiger partial charge >= 0.3 is 0 Å². The van der Waals surface area contributed by atoms with E-state index >= 15 is 0 Å². The average Bonchev–Trinajstić information content (AvgIpc) is 2.89. The Bertz CT molecular complexity index is 462. The van der Waals surface area contributed by atoms with Gasteiger partial charge in [0.25, 0.3) is 0 Å². The summed E-state index contributed by atoms with van der Waals surface area (Å²) in [6.07, 6.45) is 3.84. The summed E-state index contributed by atoms with van der Waals surface area (Å²) in [5.41, 5.74) is 7.59. The topological polar surface area (TPSA) is 68.8 Å². The fourth-order valence-electron chi connectivity index (χ4n) is 1.55. The molecule has 0 spiro atoms. The van der Waals surface area contributed by atoms with E-state index in [9.17, 15) is 0 Å². The Morgan fingerprint density at radius 3 is 3.06 bits per heavy atom. The van der Waals surface area contributed by atoms with Gasteiger partial charge in [0.05, 0.1) is 12.0 Å². The third-order valence-electron chi connectivity index (χ3n) is 2.32. The maximum Gasteiger partial charge on any atom is 0.107 e. The van der Waals surface area contributed by atoms with Crippen LogP contribution in [0.3, 0.4) is 0 Å². The van der Waals surface area contributed by atoms with Gasteiger partial charge in [0, 0.05) is 43.4 Å². The minimum Gasteiger partial charge on any atom is -0.336 e. The minimum absolute atomic E-state index is 0.640. The molecule has 0 radical (unpaired) electrons. The summed E-state index contributed by atoms with van der Waals surface area (Å²) in [5, 5.41) is 6.50. The highest BCUT2D eigenvalue weighted by Crippen LogP contribution is 2.08. The second-order valence-electron chi connectivity index (χ2n) is 3.88. The predicted molar refractivity (Wildman–Crippen MR) is 68.7 cm³/mol. The van der Waals surface area contributed by atoms with E-state index in [4.69, 9.17) is 5.73 Å². The molecule has 0 aromatic carbocycles. The van der Waals surface area contributed by atoms with E-state index in [1.807, 2.05) is 24.0 Å². The summed E-state index contributed by atoms with van der Waals surface area (Å²) < 4.78 is 2.00. The number of hydrogen-bond acceptors (Lipinski definition) is 5. The third kappa shape index (κ3) is 3.62. The smallest absolute Gasteiger partial charge is 0.107 e. The molecule has 0 aliphatic heterocycles. The number of aryl methyl sites for hydroxylation is 1. The average molecular weight is 251 g/mol. The van der Waals surface area contributed by atoms with Crippen molar-refractivity contribution >= 4 is 11.3 Å². The molecule has 0 aliphatic carbocycles. The zero-order valence-corrected chi connectivity index (χ0v) is 10.7. The molecule has 0 atom stereocenters. The quantitative estimate of drug-likeness (QED) is 0.800. The second kappa shape index (κ2) is 5.90. The van der Waals surface area contributed by atoms with Crippen LogP contribution >= 0.6 is 11.3 Å². The standard InChI is InChI=1S/C11H17N5S/c1-9-7-17-11(15-9)5-13-4-10-6-16(3-2-12)8-14-10/h6-8,13H,2-5,12H2,1H3. The van der Waals surface area contributed by atoms with Crippen LogP contribution in [-0.2, 0) is 19.6 Å². The predicted octanol–water partition coefficient (Wildman–Crippen LogP) is 0.897. The lowest BCUT2D eigenvalue weighted by atomic mass is 10.4. The Balaban J connectivity index is 1.77. The van der Waals surface area contributed by atoms with Crippen molar-refractivity contribution in [1.29, 1.82) is 0 Å². The Morgan fingerprint density at radius 1 is 1.47 bits per heavy atom. The molecule has 0 saturated heterocycles. The summed E-state index contributed by atoms with van der Waals surface area (Å²) in [6, 6.07) is 0. The lowest BCUT2D eigenvalue weighted by molar-refractivity contribution is 0.674. The fraction of sp³-hybridized carbons (Fsp3) is 0.455. The molecule has 5 nitrogen and oxygen atoms in total. The van der Waals surface area contributed by atoms with Crippen LogP contribution in [0.4, 0.5) is 0 Å². The van der Waals surface area contributed by atoms with Crippen molar-refractivity contribution < 1.29 is 0 Å².